The Balaban J connectivity index is 1.71. The Hall–Kier alpha value is -0.450. The quantitative estimate of drug-likeness (QED) is 0.848. The van der Waals surface area contributed by atoms with Gasteiger partial charge in [0, 0.05) is 19.1 Å². The molecule has 1 fully saturated rings. The second-order valence-electron chi connectivity index (χ2n) is 5.03. The van der Waals surface area contributed by atoms with Gasteiger partial charge in [-0.25, -0.2) is 4.98 Å². The normalized spacial score (nSPS) is 18.8. The molecule has 0 saturated carbocycles. The Labute approximate surface area is 118 Å². The van der Waals surface area contributed by atoms with Crippen molar-refractivity contribution in [1.82, 2.24) is 15.2 Å². The SMILES string of the molecule is CC(CNCc1cccc(Br)n1)N1CCCCC1. The summed E-state index contributed by atoms with van der Waals surface area (Å²) in [5.41, 5.74) is 1.09. The summed E-state index contributed by atoms with van der Waals surface area (Å²) in [5.74, 6) is 0. The van der Waals surface area contributed by atoms with E-state index in [0.29, 0.717) is 6.04 Å². The zero-order valence-electron chi connectivity index (χ0n) is 11.0. The van der Waals surface area contributed by atoms with E-state index in [1.165, 1.54) is 32.4 Å². The number of aromatic nitrogens is 1. The molecule has 0 aromatic carbocycles. The Bertz CT molecular complexity index is 364. The summed E-state index contributed by atoms with van der Waals surface area (Å²) < 4.78 is 0.908. The zero-order valence-corrected chi connectivity index (χ0v) is 12.6. The van der Waals surface area contributed by atoms with Crippen molar-refractivity contribution in [2.75, 3.05) is 19.6 Å². The van der Waals surface area contributed by atoms with Crippen LogP contribution in [0, 0.1) is 0 Å². The largest absolute Gasteiger partial charge is 0.310 e. The van der Waals surface area contributed by atoms with Crippen molar-refractivity contribution in [3.63, 3.8) is 0 Å². The number of nitrogens with one attached hydrogen (secondary N) is 1. The van der Waals surface area contributed by atoms with Crippen molar-refractivity contribution < 1.29 is 0 Å². The molecule has 1 atom stereocenters. The van der Waals surface area contributed by atoms with Crippen LogP contribution in [-0.2, 0) is 6.54 Å². The molecule has 18 heavy (non-hydrogen) atoms. The fraction of sp³-hybridized carbons (Fsp3) is 0.643. The molecule has 1 aromatic rings. The smallest absolute Gasteiger partial charge is 0.106 e. The summed E-state index contributed by atoms with van der Waals surface area (Å²) in [7, 11) is 0. The lowest BCUT2D eigenvalue weighted by atomic mass is 10.1. The molecule has 1 saturated heterocycles. The summed E-state index contributed by atoms with van der Waals surface area (Å²) >= 11 is 3.40. The van der Waals surface area contributed by atoms with Crippen LogP contribution in [-0.4, -0.2) is 35.6 Å². The second kappa shape index (κ2) is 7.22. The van der Waals surface area contributed by atoms with Gasteiger partial charge in [0.15, 0.2) is 0 Å². The highest BCUT2D eigenvalue weighted by Crippen LogP contribution is 2.11. The predicted octanol–water partition coefficient (Wildman–Crippen LogP) is 2.81. The fourth-order valence-corrected chi connectivity index (χ4v) is 2.83. The molecule has 1 N–H and O–H groups in total. The van der Waals surface area contributed by atoms with Crippen molar-refractivity contribution in [1.29, 1.82) is 0 Å². The first-order valence-corrected chi connectivity index (χ1v) is 7.61. The molecule has 4 heteroatoms. The van der Waals surface area contributed by atoms with Gasteiger partial charge in [0.05, 0.1) is 5.69 Å². The van der Waals surface area contributed by atoms with Gasteiger partial charge in [0.2, 0.25) is 0 Å². The lowest BCUT2D eigenvalue weighted by molar-refractivity contribution is 0.170. The first kappa shape index (κ1) is 14.0. The molecular weight excluding hydrogens is 290 g/mol. The van der Waals surface area contributed by atoms with Crippen LogP contribution < -0.4 is 5.32 Å². The third kappa shape index (κ3) is 4.34. The van der Waals surface area contributed by atoms with Crippen LogP contribution in [0.25, 0.3) is 0 Å². The molecule has 0 amide bonds. The number of hydrogen-bond donors (Lipinski definition) is 1. The average Bonchev–Trinajstić information content (AvgIpc) is 2.40. The molecule has 1 aliphatic heterocycles. The Morgan fingerprint density at radius 3 is 2.83 bits per heavy atom. The molecule has 0 radical (unpaired) electrons. The fourth-order valence-electron chi connectivity index (χ4n) is 2.45. The molecule has 100 valence electrons. The molecule has 2 heterocycles. The van der Waals surface area contributed by atoms with E-state index in [0.717, 1.165) is 23.4 Å². The van der Waals surface area contributed by atoms with Crippen LogP contribution in [0.5, 0.6) is 0 Å². The second-order valence-corrected chi connectivity index (χ2v) is 5.84. The molecule has 0 spiro atoms. The molecule has 1 aliphatic rings. The first-order valence-electron chi connectivity index (χ1n) is 6.82. The van der Waals surface area contributed by atoms with Crippen LogP contribution in [0.3, 0.4) is 0 Å². The van der Waals surface area contributed by atoms with E-state index in [1.54, 1.807) is 0 Å². The lowest BCUT2D eigenvalue weighted by Gasteiger charge is -2.32. The number of piperidine rings is 1. The van der Waals surface area contributed by atoms with Crippen LogP contribution in [0.15, 0.2) is 22.8 Å². The summed E-state index contributed by atoms with van der Waals surface area (Å²) in [4.78, 5) is 7.01. The van der Waals surface area contributed by atoms with E-state index in [2.05, 4.69) is 44.1 Å². The van der Waals surface area contributed by atoms with E-state index >= 15 is 0 Å². The van der Waals surface area contributed by atoms with Gasteiger partial charge in [0.25, 0.3) is 0 Å². The molecule has 1 unspecified atom stereocenters. The lowest BCUT2D eigenvalue weighted by Crippen LogP contribution is -2.43. The van der Waals surface area contributed by atoms with E-state index in [-0.39, 0.29) is 0 Å². The maximum atomic E-state index is 4.42. The molecule has 0 aliphatic carbocycles. The van der Waals surface area contributed by atoms with E-state index in [4.69, 9.17) is 0 Å². The maximum Gasteiger partial charge on any atom is 0.106 e. The van der Waals surface area contributed by atoms with Crippen LogP contribution in [0.1, 0.15) is 31.9 Å². The topological polar surface area (TPSA) is 28.2 Å². The molecule has 1 aromatic heterocycles. The summed E-state index contributed by atoms with van der Waals surface area (Å²) in [6.45, 7) is 6.72. The highest BCUT2D eigenvalue weighted by molar-refractivity contribution is 9.10. The average molecular weight is 312 g/mol. The van der Waals surface area contributed by atoms with E-state index in [9.17, 15) is 0 Å². The number of hydrogen-bond acceptors (Lipinski definition) is 3. The standard InChI is InChI=1S/C14H22BrN3/c1-12(18-8-3-2-4-9-18)10-16-11-13-6-5-7-14(15)17-13/h5-7,12,16H,2-4,8-11H2,1H3. The highest BCUT2D eigenvalue weighted by Gasteiger charge is 2.15. The van der Waals surface area contributed by atoms with Gasteiger partial charge in [-0.3, -0.25) is 4.90 Å². The molecule has 2 rings (SSSR count). The minimum atomic E-state index is 0.623. The van der Waals surface area contributed by atoms with Gasteiger partial charge in [0.1, 0.15) is 4.60 Å². The van der Waals surface area contributed by atoms with Crippen molar-refractivity contribution in [3.8, 4) is 0 Å². The summed E-state index contributed by atoms with van der Waals surface area (Å²) in [6, 6.07) is 6.67. The van der Waals surface area contributed by atoms with Gasteiger partial charge in [-0.2, -0.15) is 0 Å². The Morgan fingerprint density at radius 2 is 2.11 bits per heavy atom. The third-order valence-corrected chi connectivity index (χ3v) is 3.97. The van der Waals surface area contributed by atoms with Gasteiger partial charge >= 0.3 is 0 Å². The first-order chi connectivity index (χ1) is 8.75. The van der Waals surface area contributed by atoms with Crippen molar-refractivity contribution >= 4 is 15.9 Å². The Kier molecular flexibility index (Phi) is 5.60. The number of halogens is 1. The third-order valence-electron chi connectivity index (χ3n) is 3.53. The van der Waals surface area contributed by atoms with Crippen LogP contribution in [0.4, 0.5) is 0 Å². The Morgan fingerprint density at radius 1 is 1.33 bits per heavy atom. The summed E-state index contributed by atoms with van der Waals surface area (Å²) in [6.07, 6.45) is 4.12. The van der Waals surface area contributed by atoms with E-state index in [1.807, 2.05) is 12.1 Å². The zero-order chi connectivity index (χ0) is 12.8. The number of rotatable bonds is 5. The van der Waals surface area contributed by atoms with Crippen LogP contribution in [0.2, 0.25) is 0 Å². The van der Waals surface area contributed by atoms with E-state index < -0.39 is 0 Å². The number of likely N-dealkylation sites (tertiary alicyclic amines) is 1. The van der Waals surface area contributed by atoms with Gasteiger partial charge in [-0.1, -0.05) is 12.5 Å². The monoisotopic (exact) mass is 311 g/mol. The minimum absolute atomic E-state index is 0.623. The molecular formula is C14H22BrN3. The maximum absolute atomic E-state index is 4.42. The number of pyridine rings is 1. The predicted molar refractivity (Wildman–Crippen MR) is 78.5 cm³/mol. The molecule has 0 bridgehead atoms. The highest BCUT2D eigenvalue weighted by atomic mass is 79.9. The minimum Gasteiger partial charge on any atom is -0.310 e. The van der Waals surface area contributed by atoms with Crippen LogP contribution >= 0.6 is 15.9 Å². The van der Waals surface area contributed by atoms with Crippen molar-refractivity contribution in [3.05, 3.63) is 28.5 Å². The van der Waals surface area contributed by atoms with Crippen molar-refractivity contribution in [2.45, 2.75) is 38.8 Å². The van der Waals surface area contributed by atoms with Crippen molar-refractivity contribution in [2.24, 2.45) is 0 Å². The molecule has 3 nitrogen and oxygen atoms in total. The van der Waals surface area contributed by atoms with Gasteiger partial charge in [-0.15, -0.1) is 0 Å². The van der Waals surface area contributed by atoms with Gasteiger partial charge < -0.3 is 5.32 Å². The summed E-state index contributed by atoms with van der Waals surface area (Å²) in [5, 5.41) is 3.50. The number of nitrogens with zero attached hydrogens (tertiary/aromatic N) is 2. The van der Waals surface area contributed by atoms with Gasteiger partial charge in [-0.05, 0) is 60.9 Å².